The number of para-hydroxylation sites is 1. The predicted molar refractivity (Wildman–Crippen MR) is 102 cm³/mol. The van der Waals surface area contributed by atoms with Gasteiger partial charge in [-0.05, 0) is 56.7 Å². The number of hydrogen-bond acceptors (Lipinski definition) is 4. The van der Waals surface area contributed by atoms with Crippen LogP contribution in [-0.2, 0) is 4.74 Å². The van der Waals surface area contributed by atoms with Crippen LogP contribution in [0.3, 0.4) is 0 Å². The van der Waals surface area contributed by atoms with Gasteiger partial charge in [-0.25, -0.2) is 4.79 Å². The van der Waals surface area contributed by atoms with Gasteiger partial charge in [0, 0.05) is 11.1 Å². The Kier molecular flexibility index (Phi) is 4.98. The molecule has 5 nitrogen and oxygen atoms in total. The Balaban J connectivity index is 1.86. The third-order valence-corrected chi connectivity index (χ3v) is 4.21. The van der Waals surface area contributed by atoms with E-state index in [9.17, 15) is 9.59 Å². The molecule has 0 saturated carbocycles. The molecule has 0 bridgehead atoms. The fourth-order valence-corrected chi connectivity index (χ4v) is 2.96. The lowest BCUT2D eigenvalue weighted by atomic mass is 10.0. The molecular weight excluding hydrogens is 328 g/mol. The van der Waals surface area contributed by atoms with E-state index in [4.69, 9.17) is 4.74 Å². The molecule has 0 aliphatic heterocycles. The molecule has 26 heavy (non-hydrogen) atoms. The topological polar surface area (TPSA) is 68.3 Å². The normalized spacial score (nSPS) is 10.6. The van der Waals surface area contributed by atoms with Gasteiger partial charge in [0.05, 0.1) is 28.9 Å². The van der Waals surface area contributed by atoms with Gasteiger partial charge in [0.15, 0.2) is 0 Å². The molecule has 1 amide bonds. The van der Waals surface area contributed by atoms with Crippen LogP contribution in [-0.4, -0.2) is 23.5 Å². The number of hydrogen-bond donors (Lipinski definition) is 1. The van der Waals surface area contributed by atoms with E-state index in [0.717, 1.165) is 16.5 Å². The van der Waals surface area contributed by atoms with Crippen molar-refractivity contribution in [3.05, 3.63) is 70.9 Å². The number of benzene rings is 2. The molecule has 1 N–H and O–H groups in total. The summed E-state index contributed by atoms with van der Waals surface area (Å²) in [6, 6.07) is 14.4. The van der Waals surface area contributed by atoms with Gasteiger partial charge < -0.3 is 10.1 Å². The molecule has 0 fully saturated rings. The highest BCUT2D eigenvalue weighted by Gasteiger charge is 2.16. The number of pyridine rings is 1. The number of ether oxygens (including phenoxy) is 1. The first-order valence-electron chi connectivity index (χ1n) is 8.45. The summed E-state index contributed by atoms with van der Waals surface area (Å²) in [7, 11) is 0. The summed E-state index contributed by atoms with van der Waals surface area (Å²) in [5, 5.41) is 3.83. The summed E-state index contributed by atoms with van der Waals surface area (Å²) in [4.78, 5) is 29.0. The van der Waals surface area contributed by atoms with Crippen LogP contribution in [0.5, 0.6) is 0 Å². The number of amides is 1. The number of fused-ring (bicyclic) bond motifs is 1. The summed E-state index contributed by atoms with van der Waals surface area (Å²) in [5.74, 6) is -0.599. The Bertz CT molecular complexity index is 978. The first kappa shape index (κ1) is 17.6. The number of rotatable bonds is 4. The standard InChI is InChI=1S/C21H20N2O3/c1-4-26-21(25)15-9-11-16(12-10-15)23-20(24)19-13(2)17-7-5-6-8-18(17)22-14(19)3/h5-12H,4H2,1-3H3,(H,23,24). The van der Waals surface area contributed by atoms with Gasteiger partial charge in [-0.2, -0.15) is 0 Å². The van der Waals surface area contributed by atoms with E-state index in [1.165, 1.54) is 0 Å². The summed E-state index contributed by atoms with van der Waals surface area (Å²) >= 11 is 0. The van der Waals surface area contributed by atoms with E-state index in [0.29, 0.717) is 29.1 Å². The third kappa shape index (κ3) is 3.42. The van der Waals surface area contributed by atoms with E-state index < -0.39 is 0 Å². The maximum Gasteiger partial charge on any atom is 0.338 e. The minimum absolute atomic E-state index is 0.220. The van der Waals surface area contributed by atoms with Gasteiger partial charge in [-0.1, -0.05) is 18.2 Å². The number of nitrogens with zero attached hydrogens (tertiary/aromatic N) is 1. The lowest BCUT2D eigenvalue weighted by Gasteiger charge is -2.13. The van der Waals surface area contributed by atoms with Crippen LogP contribution in [0.25, 0.3) is 10.9 Å². The summed E-state index contributed by atoms with van der Waals surface area (Å²) in [6.07, 6.45) is 0. The van der Waals surface area contributed by atoms with Gasteiger partial charge in [-0.15, -0.1) is 0 Å². The average Bonchev–Trinajstić information content (AvgIpc) is 2.62. The van der Waals surface area contributed by atoms with Gasteiger partial charge in [0.1, 0.15) is 0 Å². The molecule has 0 spiro atoms. The van der Waals surface area contributed by atoms with Crippen LogP contribution in [0, 0.1) is 13.8 Å². The smallest absolute Gasteiger partial charge is 0.338 e. The first-order valence-corrected chi connectivity index (χ1v) is 8.45. The zero-order valence-electron chi connectivity index (χ0n) is 15.0. The largest absolute Gasteiger partial charge is 0.462 e. The number of carbonyl (C=O) groups is 2. The summed E-state index contributed by atoms with van der Waals surface area (Å²) in [5.41, 5.74) is 4.08. The lowest BCUT2D eigenvalue weighted by Crippen LogP contribution is -2.16. The molecule has 0 radical (unpaired) electrons. The second kappa shape index (κ2) is 7.35. The van der Waals surface area contributed by atoms with Crippen molar-refractivity contribution >= 4 is 28.5 Å². The zero-order chi connectivity index (χ0) is 18.7. The van der Waals surface area contributed by atoms with Crippen molar-refractivity contribution < 1.29 is 14.3 Å². The van der Waals surface area contributed by atoms with E-state index in [1.807, 2.05) is 38.1 Å². The zero-order valence-corrected chi connectivity index (χ0v) is 15.0. The molecule has 0 aliphatic carbocycles. The van der Waals surface area contributed by atoms with Gasteiger partial charge in [0.25, 0.3) is 5.91 Å². The lowest BCUT2D eigenvalue weighted by molar-refractivity contribution is 0.0526. The van der Waals surface area contributed by atoms with Crippen molar-refractivity contribution in [2.45, 2.75) is 20.8 Å². The van der Waals surface area contributed by atoms with Crippen molar-refractivity contribution in [2.75, 3.05) is 11.9 Å². The Morgan fingerprint density at radius 1 is 1.04 bits per heavy atom. The second-order valence-electron chi connectivity index (χ2n) is 5.97. The molecule has 1 heterocycles. The molecule has 0 saturated heterocycles. The van der Waals surface area contributed by atoms with Crippen molar-refractivity contribution in [1.82, 2.24) is 4.98 Å². The van der Waals surface area contributed by atoms with Crippen molar-refractivity contribution in [3.63, 3.8) is 0 Å². The fourth-order valence-electron chi connectivity index (χ4n) is 2.96. The minimum Gasteiger partial charge on any atom is -0.462 e. The van der Waals surface area contributed by atoms with E-state index in [-0.39, 0.29) is 11.9 Å². The highest BCUT2D eigenvalue weighted by molar-refractivity contribution is 6.08. The van der Waals surface area contributed by atoms with Gasteiger partial charge in [-0.3, -0.25) is 9.78 Å². The molecule has 132 valence electrons. The van der Waals surface area contributed by atoms with Crippen LogP contribution < -0.4 is 5.32 Å². The SMILES string of the molecule is CCOC(=O)c1ccc(NC(=O)c2c(C)nc3ccccc3c2C)cc1. The van der Waals surface area contributed by atoms with Crippen LogP contribution in [0.1, 0.15) is 38.9 Å². The summed E-state index contributed by atoms with van der Waals surface area (Å²) in [6.45, 7) is 5.84. The van der Waals surface area contributed by atoms with Crippen LogP contribution in [0.4, 0.5) is 5.69 Å². The Morgan fingerprint density at radius 2 is 1.73 bits per heavy atom. The molecule has 0 unspecified atom stereocenters. The molecule has 0 aliphatic rings. The summed E-state index contributed by atoms with van der Waals surface area (Å²) < 4.78 is 4.96. The van der Waals surface area contributed by atoms with Crippen molar-refractivity contribution in [1.29, 1.82) is 0 Å². The first-order chi connectivity index (χ1) is 12.5. The van der Waals surface area contributed by atoms with Crippen LogP contribution in [0.2, 0.25) is 0 Å². The number of carbonyl (C=O) groups excluding carboxylic acids is 2. The number of anilines is 1. The number of nitrogens with one attached hydrogen (secondary N) is 1. The molecule has 1 aromatic heterocycles. The van der Waals surface area contributed by atoms with Gasteiger partial charge in [0.2, 0.25) is 0 Å². The van der Waals surface area contributed by atoms with Gasteiger partial charge >= 0.3 is 5.97 Å². The third-order valence-electron chi connectivity index (χ3n) is 4.21. The molecule has 3 rings (SSSR count). The number of esters is 1. The highest BCUT2D eigenvalue weighted by atomic mass is 16.5. The Morgan fingerprint density at radius 3 is 2.42 bits per heavy atom. The van der Waals surface area contributed by atoms with E-state index in [1.54, 1.807) is 31.2 Å². The average molecular weight is 348 g/mol. The van der Waals surface area contributed by atoms with Crippen molar-refractivity contribution in [2.24, 2.45) is 0 Å². The molecule has 2 aromatic carbocycles. The molecular formula is C21H20N2O3. The Labute approximate surface area is 152 Å². The monoisotopic (exact) mass is 348 g/mol. The van der Waals surface area contributed by atoms with Crippen LogP contribution in [0.15, 0.2) is 48.5 Å². The molecule has 5 heteroatoms. The van der Waals surface area contributed by atoms with E-state index in [2.05, 4.69) is 10.3 Å². The van der Waals surface area contributed by atoms with Crippen molar-refractivity contribution in [3.8, 4) is 0 Å². The van der Waals surface area contributed by atoms with E-state index >= 15 is 0 Å². The second-order valence-corrected chi connectivity index (χ2v) is 5.97. The Hall–Kier alpha value is -3.21. The maximum atomic E-state index is 12.8. The molecule has 3 aromatic rings. The van der Waals surface area contributed by atoms with Crippen LogP contribution >= 0.6 is 0 Å². The highest BCUT2D eigenvalue weighted by Crippen LogP contribution is 2.23. The number of aromatic nitrogens is 1. The molecule has 0 atom stereocenters. The fraction of sp³-hybridized carbons (Fsp3) is 0.190. The quantitative estimate of drug-likeness (QED) is 0.715. The predicted octanol–water partition coefficient (Wildman–Crippen LogP) is 4.28. The number of aryl methyl sites for hydroxylation is 2. The maximum absolute atomic E-state index is 12.8. The minimum atomic E-state index is -0.379.